The molecule has 1 aromatic carbocycles. The molecule has 1 atom stereocenters. The van der Waals surface area contributed by atoms with Crippen molar-refractivity contribution in [3.63, 3.8) is 0 Å². The van der Waals surface area contributed by atoms with E-state index in [1.165, 1.54) is 0 Å². The molecule has 23 heavy (non-hydrogen) atoms. The molecule has 0 aromatic heterocycles. The van der Waals surface area contributed by atoms with Gasteiger partial charge in [0.05, 0.1) is 0 Å². The zero-order chi connectivity index (χ0) is 17.1. The Morgan fingerprint density at radius 1 is 1.09 bits per heavy atom. The Balaban J connectivity index is 2.25. The fraction of sp³-hybridized carbons (Fsp3) is 0.556. The largest absolute Gasteiger partial charge is 0.348 e. The molecule has 0 aliphatic rings. The first-order valence-electron chi connectivity index (χ1n) is 8.37. The first-order valence-corrected chi connectivity index (χ1v) is 8.75. The van der Waals surface area contributed by atoms with Gasteiger partial charge in [-0.1, -0.05) is 56.8 Å². The highest BCUT2D eigenvalue weighted by molar-refractivity contribution is 6.35. The van der Waals surface area contributed by atoms with Crippen LogP contribution in [0.3, 0.4) is 0 Å². The van der Waals surface area contributed by atoms with Crippen molar-refractivity contribution in [3.8, 4) is 0 Å². The van der Waals surface area contributed by atoms with E-state index in [1.54, 1.807) is 0 Å². The molecular formula is C18H27ClN2O2. The van der Waals surface area contributed by atoms with E-state index in [1.807, 2.05) is 24.3 Å². The van der Waals surface area contributed by atoms with E-state index in [-0.39, 0.29) is 0 Å². The predicted molar refractivity (Wildman–Crippen MR) is 94.5 cm³/mol. The van der Waals surface area contributed by atoms with E-state index in [0.717, 1.165) is 31.2 Å². The van der Waals surface area contributed by atoms with Crippen LogP contribution in [0.15, 0.2) is 24.3 Å². The van der Waals surface area contributed by atoms with E-state index in [9.17, 15) is 9.59 Å². The van der Waals surface area contributed by atoms with Crippen molar-refractivity contribution in [2.45, 2.75) is 46.0 Å². The van der Waals surface area contributed by atoms with Crippen LogP contribution in [0.2, 0.25) is 5.02 Å². The molecule has 0 aliphatic heterocycles. The van der Waals surface area contributed by atoms with E-state index >= 15 is 0 Å². The zero-order valence-corrected chi connectivity index (χ0v) is 14.8. The van der Waals surface area contributed by atoms with Gasteiger partial charge in [0.1, 0.15) is 0 Å². The highest BCUT2D eigenvalue weighted by Crippen LogP contribution is 2.11. The molecule has 0 radical (unpaired) electrons. The Morgan fingerprint density at radius 2 is 1.74 bits per heavy atom. The van der Waals surface area contributed by atoms with Crippen molar-refractivity contribution >= 4 is 23.4 Å². The van der Waals surface area contributed by atoms with Crippen LogP contribution in [0.1, 0.15) is 45.1 Å². The van der Waals surface area contributed by atoms with Crippen LogP contribution in [-0.2, 0) is 16.0 Å². The molecule has 5 heteroatoms. The third-order valence-corrected chi connectivity index (χ3v) is 4.17. The van der Waals surface area contributed by atoms with Gasteiger partial charge in [-0.3, -0.25) is 9.59 Å². The maximum Gasteiger partial charge on any atom is 0.309 e. The van der Waals surface area contributed by atoms with Crippen LogP contribution in [0.5, 0.6) is 0 Å². The molecule has 1 rings (SSSR count). The summed E-state index contributed by atoms with van der Waals surface area (Å²) < 4.78 is 0. The number of unbranched alkanes of at least 4 members (excludes halogenated alkanes) is 1. The van der Waals surface area contributed by atoms with E-state index in [0.29, 0.717) is 30.5 Å². The van der Waals surface area contributed by atoms with Gasteiger partial charge in [0.2, 0.25) is 0 Å². The summed E-state index contributed by atoms with van der Waals surface area (Å²) in [7, 11) is 0. The summed E-state index contributed by atoms with van der Waals surface area (Å²) >= 11 is 5.82. The maximum absolute atomic E-state index is 11.8. The molecule has 128 valence electrons. The number of carbonyl (C=O) groups excluding carboxylic acids is 2. The SMILES string of the molecule is CCCC[C@@H](CC)CNC(=O)C(=O)NCCc1ccc(Cl)cc1. The minimum absolute atomic E-state index is 0.431. The van der Waals surface area contributed by atoms with Crippen LogP contribution in [-0.4, -0.2) is 24.9 Å². The Kier molecular flexibility index (Phi) is 9.37. The van der Waals surface area contributed by atoms with E-state index in [2.05, 4.69) is 24.5 Å². The molecule has 0 saturated heterocycles. The lowest BCUT2D eigenvalue weighted by Crippen LogP contribution is -2.42. The lowest BCUT2D eigenvalue weighted by molar-refractivity contribution is -0.139. The molecule has 1 aromatic rings. The number of nitrogens with one attached hydrogen (secondary N) is 2. The highest BCUT2D eigenvalue weighted by atomic mass is 35.5. The van der Waals surface area contributed by atoms with E-state index in [4.69, 9.17) is 11.6 Å². The molecule has 0 spiro atoms. The van der Waals surface area contributed by atoms with Gasteiger partial charge in [-0.2, -0.15) is 0 Å². The number of carbonyl (C=O) groups is 2. The van der Waals surface area contributed by atoms with Gasteiger partial charge in [0.15, 0.2) is 0 Å². The van der Waals surface area contributed by atoms with Gasteiger partial charge in [-0.15, -0.1) is 0 Å². The lowest BCUT2D eigenvalue weighted by Gasteiger charge is -2.15. The van der Waals surface area contributed by atoms with Gasteiger partial charge in [-0.25, -0.2) is 0 Å². The van der Waals surface area contributed by atoms with Gasteiger partial charge in [0, 0.05) is 18.1 Å². The minimum atomic E-state index is -0.565. The first-order chi connectivity index (χ1) is 11.1. The Bertz CT molecular complexity index is 488. The monoisotopic (exact) mass is 338 g/mol. The van der Waals surface area contributed by atoms with E-state index < -0.39 is 11.8 Å². The molecule has 0 aliphatic carbocycles. The fourth-order valence-corrected chi connectivity index (χ4v) is 2.44. The number of rotatable bonds is 9. The van der Waals surface area contributed by atoms with Crippen LogP contribution in [0.25, 0.3) is 0 Å². The average molecular weight is 339 g/mol. The van der Waals surface area contributed by atoms with Crippen LogP contribution >= 0.6 is 11.6 Å². The summed E-state index contributed by atoms with van der Waals surface area (Å²) in [5.41, 5.74) is 1.07. The predicted octanol–water partition coefficient (Wildman–Crippen LogP) is 3.33. The summed E-state index contributed by atoms with van der Waals surface area (Å²) in [6, 6.07) is 7.45. The second-order valence-corrected chi connectivity index (χ2v) is 6.20. The average Bonchev–Trinajstić information content (AvgIpc) is 2.56. The molecule has 0 saturated carbocycles. The van der Waals surface area contributed by atoms with Crippen molar-refractivity contribution in [2.75, 3.05) is 13.1 Å². The van der Waals surface area contributed by atoms with Crippen molar-refractivity contribution in [1.29, 1.82) is 0 Å². The van der Waals surface area contributed by atoms with Crippen molar-refractivity contribution in [1.82, 2.24) is 10.6 Å². The topological polar surface area (TPSA) is 58.2 Å². The summed E-state index contributed by atoms with van der Waals surface area (Å²) in [5.74, 6) is -0.666. The quantitative estimate of drug-likeness (QED) is 0.678. The number of benzene rings is 1. The standard InChI is InChI=1S/C18H27ClN2O2/c1-3-5-6-14(4-2)13-21-18(23)17(22)20-12-11-15-7-9-16(19)10-8-15/h7-10,14H,3-6,11-13H2,1-2H3,(H,20,22)(H,21,23)/t14-/m1/s1. The zero-order valence-electron chi connectivity index (χ0n) is 14.0. The third kappa shape index (κ3) is 8.03. The number of amides is 2. The number of halogens is 1. The minimum Gasteiger partial charge on any atom is -0.348 e. The number of hydrogen-bond donors (Lipinski definition) is 2. The van der Waals surface area contributed by atoms with Crippen molar-refractivity contribution < 1.29 is 9.59 Å². The molecule has 0 unspecified atom stereocenters. The molecule has 4 nitrogen and oxygen atoms in total. The van der Waals surface area contributed by atoms with Gasteiger partial charge in [0.25, 0.3) is 0 Å². The lowest BCUT2D eigenvalue weighted by atomic mass is 9.99. The molecule has 2 amide bonds. The second kappa shape index (κ2) is 11.1. The third-order valence-electron chi connectivity index (χ3n) is 3.91. The highest BCUT2D eigenvalue weighted by Gasteiger charge is 2.14. The fourth-order valence-electron chi connectivity index (χ4n) is 2.31. The summed E-state index contributed by atoms with van der Waals surface area (Å²) in [6.07, 6.45) is 5.07. The van der Waals surface area contributed by atoms with Gasteiger partial charge >= 0.3 is 11.8 Å². The smallest absolute Gasteiger partial charge is 0.309 e. The normalized spacial score (nSPS) is 11.8. The van der Waals surface area contributed by atoms with Crippen LogP contribution < -0.4 is 10.6 Å². The Morgan fingerprint density at radius 3 is 2.35 bits per heavy atom. The summed E-state index contributed by atoms with van der Waals surface area (Å²) in [4.78, 5) is 23.5. The first kappa shape index (κ1) is 19.5. The molecule has 2 N–H and O–H groups in total. The summed E-state index contributed by atoms with van der Waals surface area (Å²) in [6.45, 7) is 5.26. The molecular weight excluding hydrogens is 312 g/mol. The maximum atomic E-state index is 11.8. The van der Waals surface area contributed by atoms with Crippen molar-refractivity contribution in [3.05, 3.63) is 34.9 Å². The molecule has 0 fully saturated rings. The van der Waals surface area contributed by atoms with Gasteiger partial charge < -0.3 is 10.6 Å². The molecule has 0 heterocycles. The molecule has 0 bridgehead atoms. The van der Waals surface area contributed by atoms with Crippen LogP contribution in [0, 0.1) is 5.92 Å². The van der Waals surface area contributed by atoms with Gasteiger partial charge in [-0.05, 0) is 36.5 Å². The number of hydrogen-bond acceptors (Lipinski definition) is 2. The van der Waals surface area contributed by atoms with Crippen LogP contribution in [0.4, 0.5) is 0 Å². The Hall–Kier alpha value is -1.55. The second-order valence-electron chi connectivity index (χ2n) is 5.76. The van der Waals surface area contributed by atoms with Crippen molar-refractivity contribution in [2.24, 2.45) is 5.92 Å². The Labute approximate surface area is 144 Å². The summed E-state index contributed by atoms with van der Waals surface area (Å²) in [5, 5.41) is 6.06.